The van der Waals surface area contributed by atoms with Gasteiger partial charge in [0.15, 0.2) is 0 Å². The number of carbonyl (C=O) groups is 1. The normalized spacial score (nSPS) is 25.9. The molecule has 2 aliphatic rings. The number of nitrogens with zero attached hydrogens (tertiary/aromatic N) is 1. The van der Waals surface area contributed by atoms with E-state index in [4.69, 9.17) is 5.73 Å². The third-order valence-electron chi connectivity index (χ3n) is 7.80. The summed E-state index contributed by atoms with van der Waals surface area (Å²) in [4.78, 5) is 16.2. The van der Waals surface area contributed by atoms with E-state index in [1.54, 1.807) is 0 Å². The van der Waals surface area contributed by atoms with Crippen LogP contribution in [0.2, 0.25) is 0 Å². The fourth-order valence-electron chi connectivity index (χ4n) is 5.83. The molecule has 0 bridgehead atoms. The maximum atomic E-state index is 13.5. The number of amides is 1. The molecule has 2 aliphatic heterocycles. The van der Waals surface area contributed by atoms with E-state index in [-0.39, 0.29) is 5.91 Å². The first kappa shape index (κ1) is 23.0. The average molecular weight is 434 g/mol. The highest BCUT2D eigenvalue weighted by Gasteiger charge is 2.43. The lowest BCUT2D eigenvalue weighted by atomic mass is 9.69. The molecule has 32 heavy (non-hydrogen) atoms. The number of rotatable bonds is 8. The Morgan fingerprint density at radius 1 is 1.03 bits per heavy atom. The average Bonchev–Trinajstić information content (AvgIpc) is 2.80. The van der Waals surface area contributed by atoms with Gasteiger partial charge >= 0.3 is 0 Å². The van der Waals surface area contributed by atoms with Gasteiger partial charge in [0.1, 0.15) is 0 Å². The third-order valence-corrected chi connectivity index (χ3v) is 7.80. The number of benzene rings is 2. The van der Waals surface area contributed by atoms with Crippen molar-refractivity contribution >= 4 is 11.6 Å². The molecular weight excluding hydrogens is 394 g/mol. The van der Waals surface area contributed by atoms with Crippen LogP contribution in [0.4, 0.5) is 5.69 Å². The molecule has 1 unspecified atom stereocenters. The summed E-state index contributed by atoms with van der Waals surface area (Å²) in [7, 11) is 0. The predicted molar refractivity (Wildman–Crippen MR) is 133 cm³/mol. The molecule has 2 aromatic carbocycles. The maximum Gasteiger partial charge on any atom is 0.235 e. The van der Waals surface area contributed by atoms with Gasteiger partial charge in [0, 0.05) is 24.3 Å². The van der Waals surface area contributed by atoms with Crippen LogP contribution in [0, 0.1) is 0 Å². The molecule has 0 aliphatic carbocycles. The van der Waals surface area contributed by atoms with Crippen LogP contribution in [0.15, 0.2) is 48.5 Å². The first-order valence-electron chi connectivity index (χ1n) is 12.5. The second-order valence-electron chi connectivity index (χ2n) is 9.95. The molecular formula is C28H39N3O. The van der Waals surface area contributed by atoms with E-state index >= 15 is 0 Å². The van der Waals surface area contributed by atoms with E-state index in [0.29, 0.717) is 18.6 Å². The van der Waals surface area contributed by atoms with Crippen LogP contribution in [0.25, 0.3) is 0 Å². The number of para-hydroxylation sites is 1. The van der Waals surface area contributed by atoms with Gasteiger partial charge in [-0.05, 0) is 75.3 Å². The second kappa shape index (κ2) is 10.2. The SMILES string of the molecule is C[C@@H]1CCC[C@H](C)N1CCCCCC1(c2cccc(CN)c2)Cc2ccccc2NC1=O. The van der Waals surface area contributed by atoms with Crippen molar-refractivity contribution in [3.63, 3.8) is 0 Å². The predicted octanol–water partition coefficient (Wildman–Crippen LogP) is 5.40. The summed E-state index contributed by atoms with van der Waals surface area (Å²) in [5, 5.41) is 3.21. The number of anilines is 1. The lowest BCUT2D eigenvalue weighted by Gasteiger charge is -2.39. The molecule has 2 aromatic rings. The number of hydrogen-bond acceptors (Lipinski definition) is 3. The Kier molecular flexibility index (Phi) is 7.32. The summed E-state index contributed by atoms with van der Waals surface area (Å²) in [5.74, 6) is 0.128. The van der Waals surface area contributed by atoms with Crippen LogP contribution in [-0.2, 0) is 23.2 Å². The highest BCUT2D eigenvalue weighted by Crippen LogP contribution is 2.41. The lowest BCUT2D eigenvalue weighted by Crippen LogP contribution is -2.46. The number of piperidine rings is 1. The highest BCUT2D eigenvalue weighted by atomic mass is 16.2. The van der Waals surface area contributed by atoms with Gasteiger partial charge in [0.05, 0.1) is 5.41 Å². The van der Waals surface area contributed by atoms with Crippen molar-refractivity contribution in [2.45, 2.75) is 89.3 Å². The molecule has 1 saturated heterocycles. The van der Waals surface area contributed by atoms with E-state index in [2.05, 4.69) is 48.3 Å². The summed E-state index contributed by atoms with van der Waals surface area (Å²) in [6, 6.07) is 18.0. The van der Waals surface area contributed by atoms with Crippen molar-refractivity contribution in [1.82, 2.24) is 4.90 Å². The van der Waals surface area contributed by atoms with Gasteiger partial charge < -0.3 is 11.1 Å². The second-order valence-corrected chi connectivity index (χ2v) is 9.95. The summed E-state index contributed by atoms with van der Waals surface area (Å²) in [5.41, 5.74) is 9.77. The van der Waals surface area contributed by atoms with Crippen molar-refractivity contribution in [2.24, 2.45) is 5.73 Å². The van der Waals surface area contributed by atoms with Gasteiger partial charge in [-0.15, -0.1) is 0 Å². The summed E-state index contributed by atoms with van der Waals surface area (Å²) in [6.45, 7) is 6.42. The number of carbonyl (C=O) groups excluding carboxylic acids is 1. The number of nitrogens with one attached hydrogen (secondary N) is 1. The molecule has 4 nitrogen and oxygen atoms in total. The monoisotopic (exact) mass is 433 g/mol. The van der Waals surface area contributed by atoms with E-state index in [1.165, 1.54) is 37.8 Å². The smallest absolute Gasteiger partial charge is 0.235 e. The van der Waals surface area contributed by atoms with Gasteiger partial charge in [-0.25, -0.2) is 0 Å². The molecule has 0 saturated carbocycles. The van der Waals surface area contributed by atoms with Gasteiger partial charge in [-0.3, -0.25) is 9.69 Å². The standard InChI is InChI=1S/C28H39N3O/c1-21-10-8-11-22(2)31(21)17-7-3-6-16-28(25-14-9-12-23(18-25)20-29)19-24-13-4-5-15-26(24)30-27(28)32/h4-5,9,12-15,18,21-22H,3,6-8,10-11,16-17,19-20,29H2,1-2H3,(H,30,32)/t21-,22+,28?. The van der Waals surface area contributed by atoms with E-state index in [9.17, 15) is 4.79 Å². The largest absolute Gasteiger partial charge is 0.326 e. The molecule has 0 spiro atoms. The van der Waals surface area contributed by atoms with Gasteiger partial charge in [-0.2, -0.15) is 0 Å². The molecule has 2 heterocycles. The van der Waals surface area contributed by atoms with Gasteiger partial charge in [0.2, 0.25) is 5.91 Å². The molecule has 3 atom stereocenters. The van der Waals surface area contributed by atoms with Crippen LogP contribution >= 0.6 is 0 Å². The van der Waals surface area contributed by atoms with Crippen molar-refractivity contribution in [3.8, 4) is 0 Å². The molecule has 1 fully saturated rings. The Morgan fingerprint density at radius 3 is 2.59 bits per heavy atom. The quantitative estimate of drug-likeness (QED) is 0.548. The zero-order valence-electron chi connectivity index (χ0n) is 19.8. The number of unbranched alkanes of at least 4 members (excludes halogenated alkanes) is 2. The van der Waals surface area contributed by atoms with Crippen molar-refractivity contribution in [1.29, 1.82) is 0 Å². The Hall–Kier alpha value is -2.17. The fraction of sp³-hybridized carbons (Fsp3) is 0.536. The van der Waals surface area contributed by atoms with Crippen LogP contribution in [0.3, 0.4) is 0 Å². The maximum absolute atomic E-state index is 13.5. The molecule has 3 N–H and O–H groups in total. The minimum atomic E-state index is -0.523. The first-order valence-corrected chi connectivity index (χ1v) is 12.5. The number of likely N-dealkylation sites (tertiary alicyclic amines) is 1. The van der Waals surface area contributed by atoms with Crippen LogP contribution in [0.1, 0.15) is 75.5 Å². The zero-order valence-corrected chi connectivity index (χ0v) is 19.8. The lowest BCUT2D eigenvalue weighted by molar-refractivity contribution is -0.122. The van der Waals surface area contributed by atoms with Crippen LogP contribution in [-0.4, -0.2) is 29.4 Å². The Bertz CT molecular complexity index is 916. The third kappa shape index (κ3) is 4.77. The van der Waals surface area contributed by atoms with E-state index < -0.39 is 5.41 Å². The van der Waals surface area contributed by atoms with E-state index in [1.807, 2.05) is 24.3 Å². The summed E-state index contributed by atoms with van der Waals surface area (Å²) >= 11 is 0. The fourth-order valence-corrected chi connectivity index (χ4v) is 5.83. The number of fused-ring (bicyclic) bond motifs is 1. The molecule has 0 radical (unpaired) electrons. The van der Waals surface area contributed by atoms with Gasteiger partial charge in [0.25, 0.3) is 0 Å². The number of nitrogens with two attached hydrogens (primary N) is 1. The molecule has 4 heteroatoms. The molecule has 1 amide bonds. The Morgan fingerprint density at radius 2 is 1.81 bits per heavy atom. The number of hydrogen-bond donors (Lipinski definition) is 2. The molecule has 4 rings (SSSR count). The Balaban J connectivity index is 1.47. The van der Waals surface area contributed by atoms with E-state index in [0.717, 1.165) is 42.5 Å². The summed E-state index contributed by atoms with van der Waals surface area (Å²) < 4.78 is 0. The summed E-state index contributed by atoms with van der Waals surface area (Å²) in [6.07, 6.45) is 9.04. The molecule has 0 aromatic heterocycles. The topological polar surface area (TPSA) is 58.4 Å². The zero-order chi connectivity index (χ0) is 22.6. The minimum Gasteiger partial charge on any atom is -0.326 e. The molecule has 172 valence electrons. The van der Waals surface area contributed by atoms with Crippen LogP contribution in [0.5, 0.6) is 0 Å². The van der Waals surface area contributed by atoms with Gasteiger partial charge in [-0.1, -0.05) is 61.7 Å². The highest BCUT2D eigenvalue weighted by molar-refractivity contribution is 6.02. The first-order chi connectivity index (χ1) is 15.5. The van der Waals surface area contributed by atoms with Crippen LogP contribution < -0.4 is 11.1 Å². The Labute approximate surface area is 193 Å². The van der Waals surface area contributed by atoms with Crippen molar-refractivity contribution in [3.05, 3.63) is 65.2 Å². The minimum absolute atomic E-state index is 0.128. The van der Waals surface area contributed by atoms with Crippen molar-refractivity contribution < 1.29 is 4.79 Å². The van der Waals surface area contributed by atoms with Crippen molar-refractivity contribution in [2.75, 3.05) is 11.9 Å².